The Bertz CT molecular complexity index is 290. The van der Waals surface area contributed by atoms with Crippen LogP contribution in [0.1, 0.15) is 46.0 Å². The average Bonchev–Trinajstić information content (AvgIpc) is 2.63. The Morgan fingerprint density at radius 2 is 2.17 bits per heavy atom. The van der Waals surface area contributed by atoms with Gasteiger partial charge in [-0.3, -0.25) is 9.69 Å². The highest BCUT2D eigenvalue weighted by molar-refractivity contribution is 5.76. The minimum atomic E-state index is 0.0436. The van der Waals surface area contributed by atoms with Gasteiger partial charge in [-0.2, -0.15) is 0 Å². The van der Waals surface area contributed by atoms with Gasteiger partial charge in [-0.15, -0.1) is 0 Å². The maximum absolute atomic E-state index is 11.4. The molecular formula is C14H26N2O2. The lowest BCUT2D eigenvalue weighted by molar-refractivity contribution is -0.124. The van der Waals surface area contributed by atoms with Crippen molar-refractivity contribution in [3.63, 3.8) is 0 Å². The van der Waals surface area contributed by atoms with E-state index >= 15 is 0 Å². The van der Waals surface area contributed by atoms with E-state index in [0.717, 1.165) is 51.9 Å². The third kappa shape index (κ3) is 3.04. The zero-order valence-corrected chi connectivity index (χ0v) is 11.7. The molecule has 2 rings (SSSR count). The van der Waals surface area contributed by atoms with Crippen LogP contribution in [0.25, 0.3) is 0 Å². The van der Waals surface area contributed by atoms with E-state index in [1.54, 1.807) is 0 Å². The molecule has 0 spiro atoms. The van der Waals surface area contributed by atoms with Gasteiger partial charge in [0, 0.05) is 32.1 Å². The second-order valence-electron chi connectivity index (χ2n) is 5.54. The fourth-order valence-corrected chi connectivity index (χ4v) is 3.14. The Balaban J connectivity index is 1.97. The molecule has 1 amide bonds. The molecule has 0 aromatic heterocycles. The molecule has 18 heavy (non-hydrogen) atoms. The monoisotopic (exact) mass is 254 g/mol. The molecule has 4 heteroatoms. The van der Waals surface area contributed by atoms with E-state index in [4.69, 9.17) is 4.74 Å². The number of rotatable bonds is 3. The molecule has 0 saturated carbocycles. The smallest absolute Gasteiger partial charge is 0.220 e. The Labute approximate surface area is 110 Å². The molecule has 2 saturated heterocycles. The van der Waals surface area contributed by atoms with Crippen molar-refractivity contribution < 1.29 is 9.53 Å². The summed E-state index contributed by atoms with van der Waals surface area (Å²) < 4.78 is 6.01. The van der Waals surface area contributed by atoms with E-state index in [1.165, 1.54) is 0 Å². The maximum Gasteiger partial charge on any atom is 0.220 e. The number of morpholine rings is 1. The van der Waals surface area contributed by atoms with Gasteiger partial charge in [0.15, 0.2) is 0 Å². The number of nitrogens with zero attached hydrogens (tertiary/aromatic N) is 1. The van der Waals surface area contributed by atoms with Crippen LogP contribution < -0.4 is 5.32 Å². The molecule has 0 aliphatic carbocycles. The maximum atomic E-state index is 11.4. The highest BCUT2D eigenvalue weighted by Gasteiger charge is 2.36. The van der Waals surface area contributed by atoms with Crippen molar-refractivity contribution in [2.45, 2.75) is 57.6 Å². The van der Waals surface area contributed by atoms with E-state index in [1.807, 2.05) is 0 Å². The lowest BCUT2D eigenvalue weighted by Gasteiger charge is -2.45. The van der Waals surface area contributed by atoms with Crippen LogP contribution in [0.3, 0.4) is 0 Å². The summed E-state index contributed by atoms with van der Waals surface area (Å²) in [6.07, 6.45) is 4.89. The summed E-state index contributed by atoms with van der Waals surface area (Å²) >= 11 is 0. The predicted octanol–water partition coefficient (Wildman–Crippen LogP) is 1.55. The normalized spacial score (nSPS) is 29.7. The van der Waals surface area contributed by atoms with Crippen LogP contribution in [-0.4, -0.2) is 48.7 Å². The van der Waals surface area contributed by atoms with Gasteiger partial charge in [0.1, 0.15) is 0 Å². The van der Waals surface area contributed by atoms with Crippen LogP contribution >= 0.6 is 0 Å². The molecule has 2 heterocycles. The molecular weight excluding hydrogens is 228 g/mol. The molecule has 2 fully saturated rings. The first-order chi connectivity index (χ1) is 8.69. The summed E-state index contributed by atoms with van der Waals surface area (Å²) in [4.78, 5) is 13.9. The SMILES string of the molecule is CCC1(CC)CN([C@@H]2CCNC(=O)CC2)CCO1. The van der Waals surface area contributed by atoms with Gasteiger partial charge in [0.25, 0.3) is 0 Å². The van der Waals surface area contributed by atoms with E-state index in [0.29, 0.717) is 12.5 Å². The van der Waals surface area contributed by atoms with Gasteiger partial charge in [-0.1, -0.05) is 13.8 Å². The van der Waals surface area contributed by atoms with E-state index in [9.17, 15) is 4.79 Å². The summed E-state index contributed by atoms with van der Waals surface area (Å²) in [5.74, 6) is 0.211. The fraction of sp³-hybridized carbons (Fsp3) is 0.929. The summed E-state index contributed by atoms with van der Waals surface area (Å²) in [5.41, 5.74) is 0.0436. The first kappa shape index (κ1) is 13.8. The van der Waals surface area contributed by atoms with Crippen LogP contribution in [0, 0.1) is 0 Å². The molecule has 0 bridgehead atoms. The molecule has 104 valence electrons. The van der Waals surface area contributed by atoms with Gasteiger partial charge >= 0.3 is 0 Å². The number of hydrogen-bond acceptors (Lipinski definition) is 3. The number of hydrogen-bond donors (Lipinski definition) is 1. The zero-order valence-electron chi connectivity index (χ0n) is 11.7. The van der Waals surface area contributed by atoms with Crippen LogP contribution in [0.2, 0.25) is 0 Å². The molecule has 2 aliphatic heterocycles. The van der Waals surface area contributed by atoms with Gasteiger partial charge in [-0.25, -0.2) is 0 Å². The lowest BCUT2D eigenvalue weighted by Crippen LogP contribution is -2.54. The minimum Gasteiger partial charge on any atom is -0.372 e. The first-order valence-corrected chi connectivity index (χ1v) is 7.34. The largest absolute Gasteiger partial charge is 0.372 e. The highest BCUT2D eigenvalue weighted by atomic mass is 16.5. The number of amides is 1. The third-order valence-corrected chi connectivity index (χ3v) is 4.59. The van der Waals surface area contributed by atoms with Crippen molar-refractivity contribution in [3.05, 3.63) is 0 Å². The van der Waals surface area contributed by atoms with E-state index in [-0.39, 0.29) is 11.5 Å². The summed E-state index contributed by atoms with van der Waals surface area (Å²) in [7, 11) is 0. The molecule has 0 aromatic rings. The standard InChI is InChI=1S/C14H26N2O2/c1-3-14(4-2)11-16(9-10-18-14)12-5-6-13(17)15-8-7-12/h12H,3-11H2,1-2H3,(H,15,17)/t12-/m0/s1. The van der Waals surface area contributed by atoms with Crippen molar-refractivity contribution in [2.75, 3.05) is 26.2 Å². The zero-order chi connectivity index (χ0) is 13.0. The number of nitrogens with one attached hydrogen (secondary N) is 1. The molecule has 0 radical (unpaired) electrons. The molecule has 2 aliphatic rings. The van der Waals surface area contributed by atoms with Crippen LogP contribution in [-0.2, 0) is 9.53 Å². The van der Waals surface area contributed by atoms with Gasteiger partial charge in [-0.05, 0) is 25.7 Å². The van der Waals surface area contributed by atoms with Crippen molar-refractivity contribution in [2.24, 2.45) is 0 Å². The summed E-state index contributed by atoms with van der Waals surface area (Å²) in [5, 5.41) is 2.97. The Morgan fingerprint density at radius 3 is 2.89 bits per heavy atom. The van der Waals surface area contributed by atoms with E-state index in [2.05, 4.69) is 24.1 Å². The second-order valence-corrected chi connectivity index (χ2v) is 5.54. The molecule has 0 aromatic carbocycles. The van der Waals surface area contributed by atoms with Crippen LogP contribution in [0.4, 0.5) is 0 Å². The van der Waals surface area contributed by atoms with Crippen molar-refractivity contribution in [1.29, 1.82) is 0 Å². The van der Waals surface area contributed by atoms with Crippen molar-refractivity contribution >= 4 is 5.91 Å². The topological polar surface area (TPSA) is 41.6 Å². The lowest BCUT2D eigenvalue weighted by atomic mass is 9.93. The Kier molecular flexibility index (Phi) is 4.62. The van der Waals surface area contributed by atoms with E-state index < -0.39 is 0 Å². The van der Waals surface area contributed by atoms with Crippen molar-refractivity contribution in [3.8, 4) is 0 Å². The minimum absolute atomic E-state index is 0.0436. The first-order valence-electron chi connectivity index (χ1n) is 7.34. The van der Waals surface area contributed by atoms with Gasteiger partial charge in [0.05, 0.1) is 12.2 Å². The Hall–Kier alpha value is -0.610. The molecule has 0 unspecified atom stereocenters. The van der Waals surface area contributed by atoms with Crippen molar-refractivity contribution in [1.82, 2.24) is 10.2 Å². The van der Waals surface area contributed by atoms with Crippen LogP contribution in [0.5, 0.6) is 0 Å². The third-order valence-electron chi connectivity index (χ3n) is 4.59. The fourth-order valence-electron chi connectivity index (χ4n) is 3.14. The number of ether oxygens (including phenoxy) is 1. The average molecular weight is 254 g/mol. The van der Waals surface area contributed by atoms with Gasteiger partial charge < -0.3 is 10.1 Å². The Morgan fingerprint density at radius 1 is 1.39 bits per heavy atom. The number of carbonyl (C=O) groups excluding carboxylic acids is 1. The molecule has 4 nitrogen and oxygen atoms in total. The predicted molar refractivity (Wildman–Crippen MR) is 71.5 cm³/mol. The van der Waals surface area contributed by atoms with Gasteiger partial charge in [0.2, 0.25) is 5.91 Å². The summed E-state index contributed by atoms with van der Waals surface area (Å²) in [6.45, 7) is 8.13. The summed E-state index contributed by atoms with van der Waals surface area (Å²) in [6, 6.07) is 0.547. The van der Waals surface area contributed by atoms with Crippen LogP contribution in [0.15, 0.2) is 0 Å². The second kappa shape index (κ2) is 6.02. The molecule has 1 atom stereocenters. The number of carbonyl (C=O) groups is 1. The quantitative estimate of drug-likeness (QED) is 0.831. The highest BCUT2D eigenvalue weighted by Crippen LogP contribution is 2.28. The molecule has 1 N–H and O–H groups in total.